The number of carbonyl (C=O) groups excluding carboxylic acids is 1. The fourth-order valence-corrected chi connectivity index (χ4v) is 3.24. The summed E-state index contributed by atoms with van der Waals surface area (Å²) in [5, 5.41) is 16.6. The molecule has 0 saturated carbocycles. The number of carbonyl (C=O) groups is 1. The van der Waals surface area contributed by atoms with Crippen molar-refractivity contribution in [1.82, 2.24) is 14.7 Å². The summed E-state index contributed by atoms with van der Waals surface area (Å²) in [5.41, 5.74) is 0.887. The third-order valence-corrected chi connectivity index (χ3v) is 4.91. The minimum Gasteiger partial charge on any atom is -0.505 e. The largest absolute Gasteiger partial charge is 0.505 e. The molecular weight excluding hydrogens is 351 g/mol. The molecule has 2 heterocycles. The number of nitrogens with one attached hydrogen (secondary N) is 1. The molecule has 0 spiro atoms. The van der Waals surface area contributed by atoms with Crippen LogP contribution < -0.4 is 10.9 Å². The molecule has 1 aromatic carbocycles. The van der Waals surface area contributed by atoms with Gasteiger partial charge in [0.05, 0.1) is 11.9 Å². The van der Waals surface area contributed by atoms with E-state index in [1.165, 1.54) is 22.9 Å². The smallest absolute Gasteiger partial charge is 0.268 e. The fourth-order valence-electron chi connectivity index (χ4n) is 3.24. The Morgan fingerprint density at radius 2 is 2.07 bits per heavy atom. The molecule has 27 heavy (non-hydrogen) atoms. The van der Waals surface area contributed by atoms with E-state index in [0.29, 0.717) is 17.8 Å². The molecule has 1 aliphatic rings. The number of piperidine rings is 1. The first-order valence-corrected chi connectivity index (χ1v) is 8.96. The van der Waals surface area contributed by atoms with E-state index >= 15 is 0 Å². The van der Waals surface area contributed by atoms with Gasteiger partial charge in [-0.25, -0.2) is 9.07 Å². The number of benzene rings is 1. The summed E-state index contributed by atoms with van der Waals surface area (Å²) in [6.07, 6.45) is 3.07. The average Bonchev–Trinajstić information content (AvgIpc) is 2.67. The first-order chi connectivity index (χ1) is 12.9. The second-order valence-electron chi connectivity index (χ2n) is 6.78. The number of hydrogen-bond donors (Lipinski definition) is 2. The Morgan fingerprint density at radius 3 is 2.74 bits per heavy atom. The van der Waals surface area contributed by atoms with Gasteiger partial charge < -0.3 is 15.3 Å². The first-order valence-electron chi connectivity index (χ1n) is 8.96. The van der Waals surface area contributed by atoms with E-state index in [1.807, 2.05) is 0 Å². The van der Waals surface area contributed by atoms with Gasteiger partial charge in [0.1, 0.15) is 0 Å². The van der Waals surface area contributed by atoms with E-state index in [-0.39, 0.29) is 17.3 Å². The van der Waals surface area contributed by atoms with Gasteiger partial charge in [-0.3, -0.25) is 9.59 Å². The molecule has 1 aliphatic heterocycles. The standard InChI is InChI=1S/C19H23FN4O3/c1-23-18(26)11-15(12-22-23)21-6-9-24-7-4-13(5-8-24)19(27)14-2-3-16(20)17(25)10-14/h2-3,10-13,21,25H,4-9H2,1H3. The summed E-state index contributed by atoms with van der Waals surface area (Å²) in [7, 11) is 1.60. The normalized spacial score (nSPS) is 15.6. The quantitative estimate of drug-likeness (QED) is 0.748. The number of phenols is 1. The van der Waals surface area contributed by atoms with Crippen LogP contribution in [0.2, 0.25) is 0 Å². The number of hydrogen-bond acceptors (Lipinski definition) is 6. The predicted molar refractivity (Wildman–Crippen MR) is 99.5 cm³/mol. The van der Waals surface area contributed by atoms with Crippen LogP contribution in [0.3, 0.4) is 0 Å². The molecule has 0 amide bonds. The van der Waals surface area contributed by atoms with E-state index < -0.39 is 11.6 Å². The molecule has 1 saturated heterocycles. The van der Waals surface area contributed by atoms with Crippen LogP contribution in [0, 0.1) is 11.7 Å². The van der Waals surface area contributed by atoms with Crippen LogP contribution in [0.5, 0.6) is 5.75 Å². The van der Waals surface area contributed by atoms with Crippen molar-refractivity contribution in [3.05, 3.63) is 52.2 Å². The Bertz CT molecular complexity index is 875. The molecule has 0 radical (unpaired) electrons. The summed E-state index contributed by atoms with van der Waals surface area (Å²) >= 11 is 0. The third kappa shape index (κ3) is 4.71. The number of anilines is 1. The highest BCUT2D eigenvalue weighted by Crippen LogP contribution is 2.24. The zero-order chi connectivity index (χ0) is 19.4. The monoisotopic (exact) mass is 374 g/mol. The van der Waals surface area contributed by atoms with Crippen LogP contribution in [0.1, 0.15) is 23.2 Å². The van der Waals surface area contributed by atoms with E-state index in [2.05, 4.69) is 15.3 Å². The Morgan fingerprint density at radius 1 is 1.33 bits per heavy atom. The predicted octanol–water partition coefficient (Wildman–Crippen LogP) is 1.63. The molecule has 3 rings (SSSR count). The van der Waals surface area contributed by atoms with Crippen LogP contribution in [0.25, 0.3) is 0 Å². The molecule has 1 fully saturated rings. The van der Waals surface area contributed by atoms with Gasteiger partial charge in [0.15, 0.2) is 17.3 Å². The van der Waals surface area contributed by atoms with Crippen molar-refractivity contribution < 1.29 is 14.3 Å². The minimum absolute atomic E-state index is 0.0470. The highest BCUT2D eigenvalue weighted by Gasteiger charge is 2.26. The van der Waals surface area contributed by atoms with E-state index in [9.17, 15) is 19.1 Å². The summed E-state index contributed by atoms with van der Waals surface area (Å²) in [6.45, 7) is 3.06. The van der Waals surface area contributed by atoms with Crippen molar-refractivity contribution in [2.75, 3.05) is 31.5 Å². The van der Waals surface area contributed by atoms with Gasteiger partial charge in [-0.05, 0) is 44.1 Å². The molecule has 2 N–H and O–H groups in total. The summed E-state index contributed by atoms with van der Waals surface area (Å²) < 4.78 is 14.4. The van der Waals surface area contributed by atoms with Gasteiger partial charge in [-0.1, -0.05) is 0 Å². The number of phenolic OH excluding ortho intramolecular Hbond substituents is 1. The number of aromatic nitrogens is 2. The van der Waals surface area contributed by atoms with Crippen molar-refractivity contribution in [3.63, 3.8) is 0 Å². The summed E-state index contributed by atoms with van der Waals surface area (Å²) in [4.78, 5) is 26.3. The molecule has 8 heteroatoms. The van der Waals surface area contributed by atoms with Crippen molar-refractivity contribution >= 4 is 11.5 Å². The van der Waals surface area contributed by atoms with Crippen LogP contribution in [0.4, 0.5) is 10.1 Å². The Hall–Kier alpha value is -2.74. The first kappa shape index (κ1) is 19.0. The number of aromatic hydroxyl groups is 1. The lowest BCUT2D eigenvalue weighted by Gasteiger charge is -2.31. The highest BCUT2D eigenvalue weighted by molar-refractivity contribution is 5.98. The van der Waals surface area contributed by atoms with Crippen molar-refractivity contribution in [1.29, 1.82) is 0 Å². The topological polar surface area (TPSA) is 87.5 Å². The maximum atomic E-state index is 13.1. The lowest BCUT2D eigenvalue weighted by Crippen LogP contribution is -2.38. The number of halogens is 1. The summed E-state index contributed by atoms with van der Waals surface area (Å²) in [5.74, 6) is -1.37. The van der Waals surface area contributed by atoms with Crippen LogP contribution >= 0.6 is 0 Å². The van der Waals surface area contributed by atoms with E-state index in [0.717, 1.165) is 38.5 Å². The van der Waals surface area contributed by atoms with Crippen molar-refractivity contribution in [3.8, 4) is 5.75 Å². The number of likely N-dealkylation sites (tertiary alicyclic amines) is 1. The number of rotatable bonds is 6. The van der Waals surface area contributed by atoms with E-state index in [4.69, 9.17) is 0 Å². The molecule has 1 aromatic heterocycles. The van der Waals surface area contributed by atoms with Crippen molar-refractivity contribution in [2.45, 2.75) is 12.8 Å². The number of ketones is 1. The fraction of sp³-hybridized carbons (Fsp3) is 0.421. The Balaban J connectivity index is 1.45. The highest BCUT2D eigenvalue weighted by atomic mass is 19.1. The minimum atomic E-state index is -0.722. The Kier molecular flexibility index (Phi) is 5.85. The van der Waals surface area contributed by atoms with Gasteiger partial charge in [0.25, 0.3) is 5.56 Å². The van der Waals surface area contributed by atoms with Gasteiger partial charge >= 0.3 is 0 Å². The molecule has 0 aliphatic carbocycles. The number of Topliss-reactive ketones (excluding diaryl/α,β-unsaturated/α-hetero) is 1. The zero-order valence-electron chi connectivity index (χ0n) is 15.2. The second-order valence-corrected chi connectivity index (χ2v) is 6.78. The SMILES string of the molecule is Cn1ncc(NCCN2CCC(C(=O)c3ccc(F)c(O)c3)CC2)cc1=O. The lowest BCUT2D eigenvalue weighted by molar-refractivity contribution is 0.0843. The van der Waals surface area contributed by atoms with Crippen molar-refractivity contribution in [2.24, 2.45) is 13.0 Å². The zero-order valence-corrected chi connectivity index (χ0v) is 15.2. The molecule has 144 valence electrons. The van der Waals surface area contributed by atoms with Crippen LogP contribution in [-0.4, -0.2) is 51.7 Å². The van der Waals surface area contributed by atoms with Crippen LogP contribution in [0.15, 0.2) is 35.3 Å². The average molecular weight is 374 g/mol. The maximum absolute atomic E-state index is 13.1. The van der Waals surface area contributed by atoms with E-state index in [1.54, 1.807) is 13.2 Å². The van der Waals surface area contributed by atoms with Gasteiger partial charge in [-0.15, -0.1) is 0 Å². The molecular formula is C19H23FN4O3. The number of aryl methyl sites for hydroxylation is 1. The summed E-state index contributed by atoms with van der Waals surface area (Å²) in [6, 6.07) is 5.25. The molecule has 2 aromatic rings. The molecule has 7 nitrogen and oxygen atoms in total. The molecule has 0 bridgehead atoms. The number of nitrogens with zero attached hydrogens (tertiary/aromatic N) is 3. The van der Waals surface area contributed by atoms with Gasteiger partial charge in [0.2, 0.25) is 0 Å². The third-order valence-electron chi connectivity index (χ3n) is 4.91. The van der Waals surface area contributed by atoms with Crippen LogP contribution in [-0.2, 0) is 7.05 Å². The maximum Gasteiger partial charge on any atom is 0.268 e. The second kappa shape index (κ2) is 8.30. The molecule has 0 atom stereocenters. The Labute approximate surface area is 156 Å². The van der Waals surface area contributed by atoms with Gasteiger partial charge in [-0.2, -0.15) is 5.10 Å². The van der Waals surface area contributed by atoms with Gasteiger partial charge in [0, 0.05) is 37.7 Å². The lowest BCUT2D eigenvalue weighted by atomic mass is 9.89. The molecule has 0 unspecified atom stereocenters.